The van der Waals surface area contributed by atoms with Gasteiger partial charge in [-0.1, -0.05) is 0 Å². The second-order valence-corrected chi connectivity index (χ2v) is 7.38. The van der Waals surface area contributed by atoms with Gasteiger partial charge < -0.3 is 24.3 Å². The zero-order valence-electron chi connectivity index (χ0n) is 16.2. The largest absolute Gasteiger partial charge is 0.487 e. The lowest BCUT2D eigenvalue weighted by Crippen LogP contribution is -2.56. The van der Waals surface area contributed by atoms with Crippen LogP contribution < -0.4 is 10.1 Å². The number of furan rings is 1. The Morgan fingerprint density at radius 2 is 1.83 bits per heavy atom. The summed E-state index contributed by atoms with van der Waals surface area (Å²) in [5.41, 5.74) is 2.91. The van der Waals surface area contributed by atoms with Crippen LogP contribution in [0.15, 0.2) is 65.5 Å². The summed E-state index contributed by atoms with van der Waals surface area (Å²) in [6, 6.07) is 12.4. The first kappa shape index (κ1) is 18.2. The third kappa shape index (κ3) is 3.59. The number of carbonyl (C=O) groups is 2. The molecule has 1 saturated heterocycles. The Labute approximate surface area is 173 Å². The molecule has 3 aromatic rings. The first-order valence-electron chi connectivity index (χ1n) is 9.73. The highest BCUT2D eigenvalue weighted by atomic mass is 16.5. The summed E-state index contributed by atoms with van der Waals surface area (Å²) in [6.45, 7) is 2.18. The van der Waals surface area contributed by atoms with Crippen LogP contribution in [0.5, 0.6) is 5.75 Å². The van der Waals surface area contributed by atoms with Crippen LogP contribution in [0.25, 0.3) is 0 Å². The van der Waals surface area contributed by atoms with Crippen LogP contribution in [-0.4, -0.2) is 45.9 Å². The van der Waals surface area contributed by atoms with Gasteiger partial charge in [0.1, 0.15) is 11.9 Å². The van der Waals surface area contributed by atoms with Crippen molar-refractivity contribution in [3.8, 4) is 5.75 Å². The molecule has 2 aliphatic heterocycles. The van der Waals surface area contributed by atoms with Crippen molar-refractivity contribution in [3.63, 3.8) is 0 Å². The predicted octanol–water partition coefficient (Wildman–Crippen LogP) is 3.13. The molecule has 0 bridgehead atoms. The monoisotopic (exact) mass is 404 g/mol. The quantitative estimate of drug-likeness (QED) is 0.722. The van der Waals surface area contributed by atoms with Crippen molar-refractivity contribution in [3.05, 3.63) is 78.0 Å². The topological polar surface area (TPSA) is 87.9 Å². The number of benzene rings is 1. The number of fused-ring (bicyclic) bond motifs is 1. The lowest BCUT2D eigenvalue weighted by atomic mass is 10.1. The second-order valence-electron chi connectivity index (χ2n) is 7.38. The minimum Gasteiger partial charge on any atom is -0.487 e. The summed E-state index contributed by atoms with van der Waals surface area (Å²) in [5, 5.41) is 2.91. The molecule has 2 aliphatic rings. The molecule has 8 heteroatoms. The molecular weight excluding hydrogens is 384 g/mol. The van der Waals surface area contributed by atoms with Crippen molar-refractivity contribution in [1.82, 2.24) is 14.8 Å². The lowest BCUT2D eigenvalue weighted by Gasteiger charge is -2.38. The number of likely N-dealkylation sites (tertiary alicyclic amines) is 1. The minimum atomic E-state index is -0.147. The molecule has 3 amide bonds. The first-order chi connectivity index (χ1) is 14.7. The number of anilines is 1. The molecule has 0 atom stereocenters. The summed E-state index contributed by atoms with van der Waals surface area (Å²) in [6.07, 6.45) is 4.98. The van der Waals surface area contributed by atoms with E-state index in [2.05, 4.69) is 10.3 Å². The predicted molar refractivity (Wildman–Crippen MR) is 108 cm³/mol. The van der Waals surface area contributed by atoms with Crippen LogP contribution in [0.4, 0.5) is 10.5 Å². The van der Waals surface area contributed by atoms with Gasteiger partial charge in [0.2, 0.25) is 0 Å². The van der Waals surface area contributed by atoms with Gasteiger partial charge >= 0.3 is 6.03 Å². The van der Waals surface area contributed by atoms with E-state index in [1.54, 1.807) is 34.3 Å². The highest BCUT2D eigenvalue weighted by molar-refractivity contribution is 5.92. The van der Waals surface area contributed by atoms with Crippen LogP contribution in [0.3, 0.4) is 0 Å². The molecular formula is C22H20N4O4. The smallest absolute Gasteiger partial charge is 0.322 e. The van der Waals surface area contributed by atoms with Gasteiger partial charge in [0.15, 0.2) is 5.76 Å². The molecule has 2 aromatic heterocycles. The van der Waals surface area contributed by atoms with E-state index in [9.17, 15) is 9.59 Å². The number of rotatable bonds is 4. The molecule has 0 saturated carbocycles. The van der Waals surface area contributed by atoms with Gasteiger partial charge in [0.25, 0.3) is 5.91 Å². The highest BCUT2D eigenvalue weighted by Gasteiger charge is 2.34. The Balaban J connectivity index is 1.11. The maximum atomic E-state index is 12.5. The van der Waals surface area contributed by atoms with E-state index in [1.807, 2.05) is 30.3 Å². The Bertz CT molecular complexity index is 1030. The van der Waals surface area contributed by atoms with Gasteiger partial charge in [0.05, 0.1) is 19.4 Å². The molecule has 0 spiro atoms. The van der Waals surface area contributed by atoms with Crippen LogP contribution in [0, 0.1) is 0 Å². The highest BCUT2D eigenvalue weighted by Crippen LogP contribution is 2.24. The number of carbonyl (C=O) groups excluding carboxylic acids is 2. The normalized spacial score (nSPS) is 15.5. The number of urea groups is 1. The fourth-order valence-corrected chi connectivity index (χ4v) is 3.61. The number of aromatic nitrogens is 1. The first-order valence-corrected chi connectivity index (χ1v) is 9.73. The average molecular weight is 404 g/mol. The van der Waals surface area contributed by atoms with E-state index in [0.717, 1.165) is 11.1 Å². The van der Waals surface area contributed by atoms with Crippen molar-refractivity contribution in [1.29, 1.82) is 0 Å². The molecule has 152 valence electrons. The number of ether oxygens (including phenoxy) is 1. The van der Waals surface area contributed by atoms with E-state index >= 15 is 0 Å². The number of amides is 3. The number of nitrogens with one attached hydrogen (secondary N) is 1. The summed E-state index contributed by atoms with van der Waals surface area (Å²) in [5.74, 6) is 0.909. The van der Waals surface area contributed by atoms with Gasteiger partial charge in [-0.25, -0.2) is 4.79 Å². The zero-order chi connectivity index (χ0) is 20.5. The molecule has 5 rings (SSSR count). The second kappa shape index (κ2) is 7.55. The third-order valence-electron chi connectivity index (χ3n) is 5.29. The summed E-state index contributed by atoms with van der Waals surface area (Å²) < 4.78 is 11.0. The van der Waals surface area contributed by atoms with Gasteiger partial charge in [0, 0.05) is 31.2 Å². The lowest BCUT2D eigenvalue weighted by molar-refractivity contribution is 0.0155. The van der Waals surface area contributed by atoms with Crippen molar-refractivity contribution < 1.29 is 18.7 Å². The fraction of sp³-hybridized carbons (Fsp3) is 0.227. The van der Waals surface area contributed by atoms with Gasteiger partial charge in [-0.3, -0.25) is 9.78 Å². The average Bonchev–Trinajstić information content (AvgIpc) is 3.41. The Hall–Kier alpha value is -3.81. The Morgan fingerprint density at radius 3 is 2.57 bits per heavy atom. The molecule has 8 nitrogen and oxygen atoms in total. The number of nitrogens with zero attached hydrogens (tertiary/aromatic N) is 3. The minimum absolute atomic E-state index is 0.0546. The number of hydrogen-bond donors (Lipinski definition) is 1. The Kier molecular flexibility index (Phi) is 4.59. The summed E-state index contributed by atoms with van der Waals surface area (Å²) in [7, 11) is 0. The van der Waals surface area contributed by atoms with E-state index < -0.39 is 0 Å². The van der Waals surface area contributed by atoms with Crippen LogP contribution in [0.1, 0.15) is 21.7 Å². The maximum Gasteiger partial charge on any atom is 0.322 e. The molecule has 1 aromatic carbocycles. The standard InChI is InChI=1S/C22H20N4O4/c27-21(20-2-1-9-29-20)25-13-19(14-25)30-18-5-3-17(4-6-18)24-22(28)26-11-15-7-8-23-10-16(15)12-26/h1-10,19H,11-14H2,(H,24,28). The molecule has 30 heavy (non-hydrogen) atoms. The molecule has 1 N–H and O–H groups in total. The molecule has 1 fully saturated rings. The summed E-state index contributed by atoms with van der Waals surface area (Å²) in [4.78, 5) is 32.2. The van der Waals surface area contributed by atoms with Crippen molar-refractivity contribution in [2.45, 2.75) is 19.2 Å². The third-order valence-corrected chi connectivity index (χ3v) is 5.29. The number of pyridine rings is 1. The fourth-order valence-electron chi connectivity index (χ4n) is 3.61. The molecule has 0 aliphatic carbocycles. The maximum absolute atomic E-state index is 12.5. The summed E-state index contributed by atoms with van der Waals surface area (Å²) >= 11 is 0. The van der Waals surface area contributed by atoms with Gasteiger partial charge in [-0.15, -0.1) is 0 Å². The van der Waals surface area contributed by atoms with Crippen LogP contribution >= 0.6 is 0 Å². The molecule has 0 radical (unpaired) electrons. The van der Waals surface area contributed by atoms with Crippen molar-refractivity contribution >= 4 is 17.6 Å². The molecule has 0 unspecified atom stereocenters. The molecule has 4 heterocycles. The van der Waals surface area contributed by atoms with Crippen molar-refractivity contribution in [2.75, 3.05) is 18.4 Å². The van der Waals surface area contributed by atoms with Gasteiger partial charge in [-0.2, -0.15) is 0 Å². The van der Waals surface area contributed by atoms with Gasteiger partial charge in [-0.05, 0) is 53.6 Å². The Morgan fingerprint density at radius 1 is 1.03 bits per heavy atom. The van der Waals surface area contributed by atoms with Crippen molar-refractivity contribution in [2.24, 2.45) is 0 Å². The van der Waals surface area contributed by atoms with Crippen LogP contribution in [0.2, 0.25) is 0 Å². The van der Waals surface area contributed by atoms with E-state index in [0.29, 0.717) is 43.4 Å². The van der Waals surface area contributed by atoms with E-state index in [1.165, 1.54) is 6.26 Å². The number of hydrogen-bond acceptors (Lipinski definition) is 5. The van der Waals surface area contributed by atoms with Crippen LogP contribution in [-0.2, 0) is 13.1 Å². The van der Waals surface area contributed by atoms with E-state index in [-0.39, 0.29) is 18.0 Å². The van der Waals surface area contributed by atoms with E-state index in [4.69, 9.17) is 9.15 Å². The zero-order valence-corrected chi connectivity index (χ0v) is 16.2. The SMILES string of the molecule is O=C(Nc1ccc(OC2CN(C(=O)c3ccco3)C2)cc1)N1Cc2ccncc2C1.